The van der Waals surface area contributed by atoms with Crippen molar-refractivity contribution in [3.63, 3.8) is 0 Å². The average molecular weight is 204 g/mol. The molecule has 1 amide bonds. The van der Waals surface area contributed by atoms with Crippen LogP contribution in [0.15, 0.2) is 0 Å². The van der Waals surface area contributed by atoms with Gasteiger partial charge in [0, 0.05) is 18.2 Å². The number of nitrogens with two attached hydrogens (primary N) is 1. The Morgan fingerprint density at radius 1 is 1.54 bits per heavy atom. The molecule has 1 atom stereocenters. The number of carbonyl (C=O) groups excluding carboxylic acids is 1. The van der Waals surface area contributed by atoms with Crippen molar-refractivity contribution in [3.8, 4) is 0 Å². The fourth-order valence-electron chi connectivity index (χ4n) is 0.859. The molecule has 0 aromatic carbocycles. The van der Waals surface area contributed by atoms with Crippen LogP contribution in [0.2, 0.25) is 0 Å². The second-order valence-electron chi connectivity index (χ2n) is 3.10. The molecule has 0 aliphatic heterocycles. The maximum Gasteiger partial charge on any atom is 0.220 e. The maximum absolute atomic E-state index is 11.2. The van der Waals surface area contributed by atoms with Crippen molar-refractivity contribution >= 4 is 17.7 Å². The Labute approximate surface area is 84.8 Å². The first-order valence-corrected chi connectivity index (χ1v) is 5.99. The van der Waals surface area contributed by atoms with Crippen molar-refractivity contribution in [1.82, 2.24) is 5.32 Å². The molecule has 1 unspecified atom stereocenters. The predicted molar refractivity (Wildman–Crippen MR) is 58.9 cm³/mol. The number of hydrogen-bond acceptors (Lipinski definition) is 3. The zero-order valence-electron chi connectivity index (χ0n) is 8.51. The summed E-state index contributed by atoms with van der Waals surface area (Å²) in [6.45, 7) is 3.54. The molecule has 3 nitrogen and oxygen atoms in total. The Morgan fingerprint density at radius 3 is 2.77 bits per heavy atom. The first kappa shape index (κ1) is 12.8. The molecule has 0 spiro atoms. The van der Waals surface area contributed by atoms with Crippen molar-refractivity contribution in [1.29, 1.82) is 0 Å². The highest BCUT2D eigenvalue weighted by molar-refractivity contribution is 7.99. The standard InChI is InChI=1S/C9H20N2OS/c1-8(13-2)7-11-9(12)5-3-4-6-10/h8H,3-7,10H2,1-2H3,(H,11,12). The summed E-state index contributed by atoms with van der Waals surface area (Å²) >= 11 is 1.76. The van der Waals surface area contributed by atoms with Crippen LogP contribution in [0.3, 0.4) is 0 Å². The highest BCUT2D eigenvalue weighted by Crippen LogP contribution is 2.02. The van der Waals surface area contributed by atoms with E-state index in [1.807, 2.05) is 6.26 Å². The predicted octanol–water partition coefficient (Wildman–Crippen LogP) is 0.983. The molecule has 0 heterocycles. The molecular formula is C9H20N2OS. The molecule has 0 saturated heterocycles. The molecule has 0 aromatic heterocycles. The lowest BCUT2D eigenvalue weighted by Crippen LogP contribution is -2.29. The first-order chi connectivity index (χ1) is 6.20. The molecule has 0 fully saturated rings. The van der Waals surface area contributed by atoms with Gasteiger partial charge in [-0.2, -0.15) is 11.8 Å². The number of thioether (sulfide) groups is 1. The van der Waals surface area contributed by atoms with Gasteiger partial charge in [-0.25, -0.2) is 0 Å². The second-order valence-corrected chi connectivity index (χ2v) is 4.37. The summed E-state index contributed by atoms with van der Waals surface area (Å²) in [6.07, 6.45) is 4.49. The molecule has 0 aliphatic carbocycles. The summed E-state index contributed by atoms with van der Waals surface area (Å²) in [4.78, 5) is 11.2. The van der Waals surface area contributed by atoms with E-state index in [1.54, 1.807) is 11.8 Å². The van der Waals surface area contributed by atoms with Crippen LogP contribution in [0, 0.1) is 0 Å². The summed E-state index contributed by atoms with van der Waals surface area (Å²) in [5.41, 5.74) is 5.32. The SMILES string of the molecule is CSC(C)CNC(=O)CCCCN. The van der Waals surface area contributed by atoms with Gasteiger partial charge in [-0.05, 0) is 25.6 Å². The second kappa shape index (κ2) is 8.38. The Bertz CT molecular complexity index is 142. The van der Waals surface area contributed by atoms with E-state index in [2.05, 4.69) is 12.2 Å². The molecule has 78 valence electrons. The van der Waals surface area contributed by atoms with E-state index in [9.17, 15) is 4.79 Å². The van der Waals surface area contributed by atoms with E-state index in [0.29, 0.717) is 18.2 Å². The van der Waals surface area contributed by atoms with Crippen molar-refractivity contribution < 1.29 is 4.79 Å². The molecular weight excluding hydrogens is 184 g/mol. The number of amides is 1. The molecule has 4 heteroatoms. The lowest BCUT2D eigenvalue weighted by atomic mass is 10.2. The summed E-state index contributed by atoms with van der Waals surface area (Å²) in [7, 11) is 0. The number of carbonyl (C=O) groups is 1. The molecule has 0 aliphatic rings. The van der Waals surface area contributed by atoms with Gasteiger partial charge >= 0.3 is 0 Å². The monoisotopic (exact) mass is 204 g/mol. The highest BCUT2D eigenvalue weighted by atomic mass is 32.2. The van der Waals surface area contributed by atoms with Crippen LogP contribution < -0.4 is 11.1 Å². The fourth-order valence-corrected chi connectivity index (χ4v) is 1.11. The van der Waals surface area contributed by atoms with Crippen LogP contribution in [-0.4, -0.2) is 30.5 Å². The largest absolute Gasteiger partial charge is 0.355 e. The Morgan fingerprint density at radius 2 is 2.23 bits per heavy atom. The zero-order chi connectivity index (χ0) is 10.1. The van der Waals surface area contributed by atoms with Crippen LogP contribution in [0.25, 0.3) is 0 Å². The van der Waals surface area contributed by atoms with E-state index in [-0.39, 0.29) is 5.91 Å². The minimum atomic E-state index is 0.148. The average Bonchev–Trinajstić information content (AvgIpc) is 2.14. The first-order valence-electron chi connectivity index (χ1n) is 4.70. The van der Waals surface area contributed by atoms with Crippen LogP contribution in [0.5, 0.6) is 0 Å². The quantitative estimate of drug-likeness (QED) is 0.608. The Kier molecular flexibility index (Phi) is 8.24. The van der Waals surface area contributed by atoms with E-state index in [1.165, 1.54) is 0 Å². The molecule has 0 rings (SSSR count). The van der Waals surface area contributed by atoms with Gasteiger partial charge < -0.3 is 11.1 Å². The van der Waals surface area contributed by atoms with Gasteiger partial charge in [0.2, 0.25) is 5.91 Å². The lowest BCUT2D eigenvalue weighted by molar-refractivity contribution is -0.121. The maximum atomic E-state index is 11.2. The summed E-state index contributed by atoms with van der Waals surface area (Å²) in [6, 6.07) is 0. The highest BCUT2D eigenvalue weighted by Gasteiger charge is 2.03. The molecule has 3 N–H and O–H groups in total. The van der Waals surface area contributed by atoms with Crippen molar-refractivity contribution in [2.75, 3.05) is 19.3 Å². The topological polar surface area (TPSA) is 55.1 Å². The van der Waals surface area contributed by atoms with Gasteiger partial charge in [0.1, 0.15) is 0 Å². The lowest BCUT2D eigenvalue weighted by Gasteiger charge is -2.09. The number of nitrogens with one attached hydrogen (secondary N) is 1. The third-order valence-electron chi connectivity index (χ3n) is 1.85. The summed E-state index contributed by atoms with van der Waals surface area (Å²) < 4.78 is 0. The van der Waals surface area contributed by atoms with Gasteiger partial charge in [-0.1, -0.05) is 6.92 Å². The van der Waals surface area contributed by atoms with Crippen molar-refractivity contribution in [2.24, 2.45) is 5.73 Å². The van der Waals surface area contributed by atoms with Crippen LogP contribution in [0.1, 0.15) is 26.2 Å². The Hall–Kier alpha value is -0.220. The van der Waals surface area contributed by atoms with Crippen molar-refractivity contribution in [2.45, 2.75) is 31.4 Å². The van der Waals surface area contributed by atoms with Crippen LogP contribution in [-0.2, 0) is 4.79 Å². The van der Waals surface area contributed by atoms with Gasteiger partial charge in [0.15, 0.2) is 0 Å². The van der Waals surface area contributed by atoms with E-state index >= 15 is 0 Å². The van der Waals surface area contributed by atoms with E-state index < -0.39 is 0 Å². The number of unbranched alkanes of at least 4 members (excludes halogenated alkanes) is 1. The van der Waals surface area contributed by atoms with Crippen molar-refractivity contribution in [3.05, 3.63) is 0 Å². The van der Waals surface area contributed by atoms with Crippen LogP contribution >= 0.6 is 11.8 Å². The normalized spacial score (nSPS) is 12.5. The van der Waals surface area contributed by atoms with E-state index in [0.717, 1.165) is 19.4 Å². The zero-order valence-corrected chi connectivity index (χ0v) is 9.32. The minimum Gasteiger partial charge on any atom is -0.355 e. The molecule has 0 saturated carbocycles. The number of hydrogen-bond donors (Lipinski definition) is 2. The van der Waals surface area contributed by atoms with Gasteiger partial charge in [0.05, 0.1) is 0 Å². The van der Waals surface area contributed by atoms with Gasteiger partial charge in [-0.15, -0.1) is 0 Å². The minimum absolute atomic E-state index is 0.148. The third kappa shape index (κ3) is 8.12. The van der Waals surface area contributed by atoms with Gasteiger partial charge in [0.25, 0.3) is 0 Å². The Balaban J connectivity index is 3.30. The third-order valence-corrected chi connectivity index (χ3v) is 2.82. The fraction of sp³-hybridized carbons (Fsp3) is 0.889. The molecule has 13 heavy (non-hydrogen) atoms. The van der Waals surface area contributed by atoms with E-state index in [4.69, 9.17) is 5.73 Å². The molecule has 0 radical (unpaired) electrons. The smallest absolute Gasteiger partial charge is 0.220 e. The summed E-state index contributed by atoms with van der Waals surface area (Å²) in [5.74, 6) is 0.148. The summed E-state index contributed by atoms with van der Waals surface area (Å²) in [5, 5.41) is 3.39. The van der Waals surface area contributed by atoms with Gasteiger partial charge in [-0.3, -0.25) is 4.79 Å². The molecule has 0 bridgehead atoms. The van der Waals surface area contributed by atoms with Crippen LogP contribution in [0.4, 0.5) is 0 Å². The molecule has 0 aromatic rings. The number of rotatable bonds is 7.